The van der Waals surface area contributed by atoms with Gasteiger partial charge in [0.15, 0.2) is 0 Å². The molecule has 0 spiro atoms. The normalized spacial score (nSPS) is 12.7. The zero-order chi connectivity index (χ0) is 14.7. The van der Waals surface area contributed by atoms with Crippen LogP contribution >= 0.6 is 11.8 Å². The molecule has 2 aromatic carbocycles. The Bertz CT molecular complexity index is 721. The van der Waals surface area contributed by atoms with Crippen molar-refractivity contribution in [2.24, 2.45) is 5.73 Å². The first kappa shape index (κ1) is 14.2. The van der Waals surface area contributed by atoms with Crippen LogP contribution in [-0.2, 0) is 0 Å². The largest absolute Gasteiger partial charge is 0.321 e. The van der Waals surface area contributed by atoms with Gasteiger partial charge in [0.2, 0.25) is 0 Å². The highest BCUT2D eigenvalue weighted by Crippen LogP contribution is 2.26. The fourth-order valence-corrected chi connectivity index (χ4v) is 3.01. The number of fused-ring (bicyclic) bond motifs is 1. The molecule has 0 aliphatic carbocycles. The summed E-state index contributed by atoms with van der Waals surface area (Å²) in [5.74, 6) is 1.98. The van der Waals surface area contributed by atoms with Crippen LogP contribution in [0.3, 0.4) is 0 Å². The quantitative estimate of drug-likeness (QED) is 0.779. The van der Waals surface area contributed by atoms with Gasteiger partial charge < -0.3 is 5.73 Å². The van der Waals surface area contributed by atoms with Crippen molar-refractivity contribution < 1.29 is 0 Å². The van der Waals surface area contributed by atoms with E-state index in [-0.39, 0.29) is 6.04 Å². The lowest BCUT2D eigenvalue weighted by Gasteiger charge is -2.14. The molecule has 108 valence electrons. The minimum Gasteiger partial charge on any atom is -0.321 e. The smallest absolute Gasteiger partial charge is 0.131 e. The molecule has 2 N–H and O–H groups in total. The molecule has 1 heterocycles. The lowest BCUT2D eigenvalue weighted by Crippen LogP contribution is -2.16. The monoisotopic (exact) mass is 297 g/mol. The summed E-state index contributed by atoms with van der Waals surface area (Å²) < 4.78 is 2.18. The van der Waals surface area contributed by atoms with E-state index in [9.17, 15) is 0 Å². The molecule has 1 unspecified atom stereocenters. The number of nitrogens with two attached hydrogens (primary N) is 1. The van der Waals surface area contributed by atoms with E-state index in [1.165, 1.54) is 0 Å². The summed E-state index contributed by atoms with van der Waals surface area (Å²) >= 11 is 1.82. The first-order valence-electron chi connectivity index (χ1n) is 7.08. The summed E-state index contributed by atoms with van der Waals surface area (Å²) in [6.45, 7) is 0. The molecule has 3 aromatic rings. The Kier molecular flexibility index (Phi) is 4.27. The maximum Gasteiger partial charge on any atom is 0.131 e. The molecule has 0 bridgehead atoms. The minimum atomic E-state index is -0.0509. The van der Waals surface area contributed by atoms with Crippen molar-refractivity contribution in [2.45, 2.75) is 12.5 Å². The number of hydrogen-bond donors (Lipinski definition) is 1. The summed E-state index contributed by atoms with van der Waals surface area (Å²) in [4.78, 5) is 4.77. The predicted octanol–water partition coefficient (Wildman–Crippen LogP) is 3.78. The Balaban J connectivity index is 2.15. The highest BCUT2D eigenvalue weighted by Gasteiger charge is 2.17. The summed E-state index contributed by atoms with van der Waals surface area (Å²) in [6.07, 6.45) is 3.03. The van der Waals surface area contributed by atoms with Crippen LogP contribution in [0.15, 0.2) is 54.6 Å². The maximum absolute atomic E-state index is 6.39. The van der Waals surface area contributed by atoms with Gasteiger partial charge in [-0.2, -0.15) is 11.8 Å². The van der Waals surface area contributed by atoms with Gasteiger partial charge in [0.1, 0.15) is 5.82 Å². The molecular formula is C17H19N3S. The Hall–Kier alpha value is -1.78. The molecule has 0 saturated heterocycles. The predicted molar refractivity (Wildman–Crippen MR) is 91.0 cm³/mol. The second kappa shape index (κ2) is 6.33. The molecule has 0 fully saturated rings. The van der Waals surface area contributed by atoms with Gasteiger partial charge in [-0.3, -0.25) is 4.57 Å². The van der Waals surface area contributed by atoms with Gasteiger partial charge in [0.25, 0.3) is 0 Å². The van der Waals surface area contributed by atoms with Gasteiger partial charge >= 0.3 is 0 Å². The van der Waals surface area contributed by atoms with Crippen LogP contribution in [0.25, 0.3) is 16.7 Å². The minimum absolute atomic E-state index is 0.0509. The van der Waals surface area contributed by atoms with E-state index in [2.05, 4.69) is 29.0 Å². The standard InChI is InChI=1S/C17H19N3S/c1-21-12-11-14(18)17-19-15-9-5-6-10-16(15)20(17)13-7-3-2-4-8-13/h2-10,14H,11-12,18H2,1H3. The number of thioether (sulfide) groups is 1. The molecule has 4 heteroatoms. The second-order valence-electron chi connectivity index (χ2n) is 5.02. The van der Waals surface area contributed by atoms with E-state index >= 15 is 0 Å². The van der Waals surface area contributed by atoms with Crippen LogP contribution in [0.4, 0.5) is 0 Å². The molecule has 1 atom stereocenters. The van der Waals surface area contributed by atoms with Gasteiger partial charge in [0.05, 0.1) is 17.1 Å². The average Bonchev–Trinajstić information content (AvgIpc) is 2.93. The van der Waals surface area contributed by atoms with Crippen LogP contribution < -0.4 is 5.73 Å². The van der Waals surface area contributed by atoms with E-state index < -0.39 is 0 Å². The van der Waals surface area contributed by atoms with E-state index in [1.807, 2.05) is 48.2 Å². The molecule has 3 nitrogen and oxygen atoms in total. The third-order valence-electron chi connectivity index (χ3n) is 3.57. The Labute approximate surface area is 129 Å². The fourth-order valence-electron chi connectivity index (χ4n) is 2.52. The third kappa shape index (κ3) is 2.82. The number of imidazole rings is 1. The Morgan fingerprint density at radius 1 is 1.10 bits per heavy atom. The SMILES string of the molecule is CSCCC(N)c1nc2ccccc2n1-c1ccccc1. The number of hydrogen-bond acceptors (Lipinski definition) is 3. The van der Waals surface area contributed by atoms with E-state index in [0.717, 1.165) is 34.7 Å². The molecule has 0 saturated carbocycles. The fraction of sp³-hybridized carbons (Fsp3) is 0.235. The molecule has 0 amide bonds. The van der Waals surface area contributed by atoms with Crippen LogP contribution in [0.5, 0.6) is 0 Å². The zero-order valence-electron chi connectivity index (χ0n) is 12.1. The number of benzene rings is 2. The molecule has 21 heavy (non-hydrogen) atoms. The molecule has 0 aliphatic rings. The van der Waals surface area contributed by atoms with Crippen LogP contribution in [0.1, 0.15) is 18.3 Å². The maximum atomic E-state index is 6.39. The third-order valence-corrected chi connectivity index (χ3v) is 4.21. The van der Waals surface area contributed by atoms with Gasteiger partial charge in [-0.25, -0.2) is 4.98 Å². The first-order chi connectivity index (χ1) is 10.3. The zero-order valence-corrected chi connectivity index (χ0v) is 12.9. The van der Waals surface area contributed by atoms with Crippen molar-refractivity contribution in [3.63, 3.8) is 0 Å². The van der Waals surface area contributed by atoms with Crippen molar-refractivity contribution in [1.82, 2.24) is 9.55 Å². The number of rotatable bonds is 5. The van der Waals surface area contributed by atoms with E-state index in [0.29, 0.717) is 0 Å². The first-order valence-corrected chi connectivity index (χ1v) is 8.48. The second-order valence-corrected chi connectivity index (χ2v) is 6.00. The summed E-state index contributed by atoms with van der Waals surface area (Å²) in [5, 5.41) is 0. The highest BCUT2D eigenvalue weighted by atomic mass is 32.2. The van der Waals surface area contributed by atoms with Crippen LogP contribution in [0, 0.1) is 0 Å². The van der Waals surface area contributed by atoms with Crippen molar-refractivity contribution >= 4 is 22.8 Å². The van der Waals surface area contributed by atoms with Crippen LogP contribution in [-0.4, -0.2) is 21.6 Å². The molecule has 3 rings (SSSR count). The lowest BCUT2D eigenvalue weighted by molar-refractivity contribution is 0.646. The molecule has 1 aromatic heterocycles. The Morgan fingerprint density at radius 2 is 1.81 bits per heavy atom. The number of para-hydroxylation sites is 3. The summed E-state index contributed by atoms with van der Waals surface area (Å²) in [6, 6.07) is 18.4. The van der Waals surface area contributed by atoms with Gasteiger partial charge in [-0.15, -0.1) is 0 Å². The van der Waals surface area contributed by atoms with Gasteiger partial charge in [-0.05, 0) is 42.7 Å². The summed E-state index contributed by atoms with van der Waals surface area (Å²) in [5.41, 5.74) is 9.60. The van der Waals surface area contributed by atoms with Crippen LogP contribution in [0.2, 0.25) is 0 Å². The van der Waals surface area contributed by atoms with Crippen molar-refractivity contribution in [2.75, 3.05) is 12.0 Å². The average molecular weight is 297 g/mol. The topological polar surface area (TPSA) is 43.8 Å². The molecule has 0 radical (unpaired) electrons. The van der Waals surface area contributed by atoms with Crippen molar-refractivity contribution in [3.05, 3.63) is 60.4 Å². The number of nitrogens with zero attached hydrogens (tertiary/aromatic N) is 2. The van der Waals surface area contributed by atoms with E-state index in [4.69, 9.17) is 10.7 Å². The highest BCUT2D eigenvalue weighted by molar-refractivity contribution is 7.98. The van der Waals surface area contributed by atoms with Crippen molar-refractivity contribution in [1.29, 1.82) is 0 Å². The van der Waals surface area contributed by atoms with Gasteiger partial charge in [0, 0.05) is 5.69 Å². The lowest BCUT2D eigenvalue weighted by atomic mass is 10.2. The Morgan fingerprint density at radius 3 is 2.57 bits per heavy atom. The summed E-state index contributed by atoms with van der Waals surface area (Å²) in [7, 11) is 0. The molecular weight excluding hydrogens is 278 g/mol. The van der Waals surface area contributed by atoms with Crippen molar-refractivity contribution in [3.8, 4) is 5.69 Å². The van der Waals surface area contributed by atoms with Gasteiger partial charge in [-0.1, -0.05) is 30.3 Å². The van der Waals surface area contributed by atoms with E-state index in [1.54, 1.807) is 0 Å². The number of aromatic nitrogens is 2. The molecule has 0 aliphatic heterocycles.